The second kappa shape index (κ2) is 7.15. The van der Waals surface area contributed by atoms with Crippen molar-refractivity contribution >= 4 is 5.97 Å². The second-order valence-electron chi connectivity index (χ2n) is 6.30. The van der Waals surface area contributed by atoms with Crippen molar-refractivity contribution in [1.29, 1.82) is 0 Å². The van der Waals surface area contributed by atoms with Crippen molar-refractivity contribution in [3.05, 3.63) is 58.7 Å². The van der Waals surface area contributed by atoms with Gasteiger partial charge < -0.3 is 14.6 Å². The number of rotatable bonds is 5. The number of methoxy groups -OCH3 is 2. The zero-order valence-corrected chi connectivity index (χ0v) is 14.8. The number of carboxylic acid groups (broad SMARTS) is 1. The number of ether oxygens (including phenoxy) is 2. The van der Waals surface area contributed by atoms with Crippen molar-refractivity contribution < 1.29 is 19.4 Å². The molecule has 0 fully saturated rings. The first-order valence-corrected chi connectivity index (χ1v) is 8.34. The lowest BCUT2D eigenvalue weighted by Gasteiger charge is -2.35. The van der Waals surface area contributed by atoms with Crippen molar-refractivity contribution in [2.75, 3.05) is 20.8 Å². The lowest BCUT2D eigenvalue weighted by molar-refractivity contribution is 0.0693. The molecule has 25 heavy (non-hydrogen) atoms. The SMILES string of the molecule is COc1ccc2c(c1)[C@@H](C)N(Cc1ccc(OC)c(C(=O)O)c1)CC2. The predicted molar refractivity (Wildman–Crippen MR) is 95.5 cm³/mol. The molecule has 2 aromatic rings. The van der Waals surface area contributed by atoms with Gasteiger partial charge in [0.2, 0.25) is 0 Å². The molecule has 0 aromatic heterocycles. The summed E-state index contributed by atoms with van der Waals surface area (Å²) in [6.45, 7) is 3.82. The Bertz CT molecular complexity index is 787. The van der Waals surface area contributed by atoms with Crippen molar-refractivity contribution in [1.82, 2.24) is 4.90 Å². The van der Waals surface area contributed by atoms with Crippen molar-refractivity contribution in [2.45, 2.75) is 25.9 Å². The molecule has 0 radical (unpaired) electrons. The van der Waals surface area contributed by atoms with Crippen LogP contribution in [-0.4, -0.2) is 36.7 Å². The third kappa shape index (κ3) is 3.46. The van der Waals surface area contributed by atoms with Gasteiger partial charge in [-0.1, -0.05) is 12.1 Å². The average Bonchev–Trinajstić information content (AvgIpc) is 2.63. The van der Waals surface area contributed by atoms with Gasteiger partial charge in [0, 0.05) is 19.1 Å². The highest BCUT2D eigenvalue weighted by Crippen LogP contribution is 2.33. The maximum absolute atomic E-state index is 11.4. The minimum Gasteiger partial charge on any atom is -0.497 e. The Morgan fingerprint density at radius 2 is 2.00 bits per heavy atom. The fourth-order valence-corrected chi connectivity index (χ4v) is 3.44. The first kappa shape index (κ1) is 17.3. The van der Waals surface area contributed by atoms with Crippen LogP contribution in [0.25, 0.3) is 0 Å². The number of aromatic carboxylic acids is 1. The molecule has 1 heterocycles. The number of carboxylic acids is 1. The van der Waals surface area contributed by atoms with Crippen LogP contribution in [0, 0.1) is 0 Å². The molecule has 1 aliphatic heterocycles. The molecule has 1 N–H and O–H groups in total. The third-order valence-corrected chi connectivity index (χ3v) is 4.90. The summed E-state index contributed by atoms with van der Waals surface area (Å²) in [4.78, 5) is 13.8. The van der Waals surface area contributed by atoms with E-state index < -0.39 is 5.97 Å². The molecule has 3 rings (SSSR count). The number of carbonyl (C=O) groups is 1. The Kier molecular flexibility index (Phi) is 4.95. The predicted octanol–water partition coefficient (Wildman–Crippen LogP) is 3.52. The summed E-state index contributed by atoms with van der Waals surface area (Å²) in [7, 11) is 3.16. The van der Waals surface area contributed by atoms with Crippen LogP contribution in [0.5, 0.6) is 11.5 Å². The van der Waals surface area contributed by atoms with Crippen LogP contribution in [0.15, 0.2) is 36.4 Å². The molecule has 0 saturated carbocycles. The van der Waals surface area contributed by atoms with Gasteiger partial charge in [0.25, 0.3) is 0 Å². The van der Waals surface area contributed by atoms with Gasteiger partial charge in [-0.2, -0.15) is 0 Å². The Balaban J connectivity index is 1.84. The van der Waals surface area contributed by atoms with Gasteiger partial charge in [0.15, 0.2) is 0 Å². The van der Waals surface area contributed by atoms with Gasteiger partial charge in [-0.3, -0.25) is 4.90 Å². The molecule has 1 aliphatic rings. The first-order valence-electron chi connectivity index (χ1n) is 8.34. The van der Waals surface area contributed by atoms with E-state index in [1.165, 1.54) is 18.2 Å². The van der Waals surface area contributed by atoms with Gasteiger partial charge in [0.1, 0.15) is 17.1 Å². The molecular weight excluding hydrogens is 318 g/mol. The normalized spacial score (nSPS) is 17.0. The minimum absolute atomic E-state index is 0.201. The van der Waals surface area contributed by atoms with E-state index in [0.29, 0.717) is 12.3 Å². The zero-order chi connectivity index (χ0) is 18.0. The summed E-state index contributed by atoms with van der Waals surface area (Å²) in [6.07, 6.45) is 0.978. The molecule has 0 amide bonds. The van der Waals surface area contributed by atoms with Crippen molar-refractivity contribution in [2.24, 2.45) is 0 Å². The molecule has 0 bridgehead atoms. The smallest absolute Gasteiger partial charge is 0.339 e. The number of hydrogen-bond donors (Lipinski definition) is 1. The van der Waals surface area contributed by atoms with Gasteiger partial charge in [-0.05, 0) is 54.3 Å². The van der Waals surface area contributed by atoms with Crippen LogP contribution >= 0.6 is 0 Å². The van der Waals surface area contributed by atoms with Crippen molar-refractivity contribution in [3.8, 4) is 11.5 Å². The largest absolute Gasteiger partial charge is 0.497 e. The van der Waals surface area contributed by atoms with E-state index in [1.54, 1.807) is 19.2 Å². The van der Waals surface area contributed by atoms with Crippen LogP contribution in [0.3, 0.4) is 0 Å². The fraction of sp³-hybridized carbons (Fsp3) is 0.350. The summed E-state index contributed by atoms with van der Waals surface area (Å²) in [6, 6.07) is 11.8. The highest BCUT2D eigenvalue weighted by Gasteiger charge is 2.24. The van der Waals surface area contributed by atoms with Gasteiger partial charge in [-0.25, -0.2) is 4.79 Å². The van der Waals surface area contributed by atoms with Gasteiger partial charge in [0.05, 0.1) is 14.2 Å². The quantitative estimate of drug-likeness (QED) is 0.902. The van der Waals surface area contributed by atoms with Crippen LogP contribution in [0.1, 0.15) is 40.0 Å². The van der Waals surface area contributed by atoms with E-state index in [1.807, 2.05) is 12.1 Å². The summed E-state index contributed by atoms with van der Waals surface area (Å²) in [5.74, 6) is 0.281. The summed E-state index contributed by atoms with van der Waals surface area (Å²) >= 11 is 0. The lowest BCUT2D eigenvalue weighted by Crippen LogP contribution is -2.33. The van der Waals surface area contributed by atoms with Crippen LogP contribution in [0.4, 0.5) is 0 Å². The van der Waals surface area contributed by atoms with E-state index in [9.17, 15) is 9.90 Å². The number of fused-ring (bicyclic) bond motifs is 1. The highest BCUT2D eigenvalue weighted by molar-refractivity contribution is 5.91. The molecule has 0 aliphatic carbocycles. The van der Waals surface area contributed by atoms with Gasteiger partial charge in [-0.15, -0.1) is 0 Å². The van der Waals surface area contributed by atoms with E-state index >= 15 is 0 Å². The lowest BCUT2D eigenvalue weighted by atomic mass is 9.92. The van der Waals surface area contributed by atoms with Crippen LogP contribution < -0.4 is 9.47 Å². The monoisotopic (exact) mass is 341 g/mol. The molecular formula is C20H23NO4. The summed E-state index contributed by atoms with van der Waals surface area (Å²) < 4.78 is 10.5. The summed E-state index contributed by atoms with van der Waals surface area (Å²) in [5.41, 5.74) is 3.80. The molecule has 0 saturated heterocycles. The molecule has 1 atom stereocenters. The second-order valence-corrected chi connectivity index (χ2v) is 6.30. The van der Waals surface area contributed by atoms with Crippen LogP contribution in [0.2, 0.25) is 0 Å². The molecule has 132 valence electrons. The first-order chi connectivity index (χ1) is 12.0. The van der Waals surface area contributed by atoms with E-state index in [-0.39, 0.29) is 11.6 Å². The Morgan fingerprint density at radius 1 is 1.20 bits per heavy atom. The standard InChI is InChI=1S/C20H23NO4/c1-13-17-11-16(24-2)6-5-15(17)8-9-21(13)12-14-4-7-19(25-3)18(10-14)20(22)23/h4-7,10-11,13H,8-9,12H2,1-3H3,(H,22,23)/t13-/m1/s1. The van der Waals surface area contributed by atoms with E-state index in [0.717, 1.165) is 24.3 Å². The molecule has 5 nitrogen and oxygen atoms in total. The maximum atomic E-state index is 11.4. The van der Waals surface area contributed by atoms with Crippen molar-refractivity contribution in [3.63, 3.8) is 0 Å². The maximum Gasteiger partial charge on any atom is 0.339 e. The molecule has 0 spiro atoms. The van der Waals surface area contributed by atoms with E-state index in [2.05, 4.69) is 24.0 Å². The molecule has 5 heteroatoms. The van der Waals surface area contributed by atoms with Gasteiger partial charge >= 0.3 is 5.97 Å². The topological polar surface area (TPSA) is 59.0 Å². The Morgan fingerprint density at radius 3 is 2.68 bits per heavy atom. The Hall–Kier alpha value is -2.53. The van der Waals surface area contributed by atoms with E-state index in [4.69, 9.17) is 9.47 Å². The minimum atomic E-state index is -0.972. The highest BCUT2D eigenvalue weighted by atomic mass is 16.5. The zero-order valence-electron chi connectivity index (χ0n) is 14.8. The summed E-state index contributed by atoms with van der Waals surface area (Å²) in [5, 5.41) is 9.36. The number of hydrogen-bond acceptors (Lipinski definition) is 4. The Labute approximate surface area is 147 Å². The fourth-order valence-electron chi connectivity index (χ4n) is 3.44. The van der Waals surface area contributed by atoms with Crippen LogP contribution in [-0.2, 0) is 13.0 Å². The average molecular weight is 341 g/mol. The molecule has 2 aromatic carbocycles. The number of nitrogens with zero attached hydrogens (tertiary/aromatic N) is 1. The third-order valence-electron chi connectivity index (χ3n) is 4.90. The molecule has 0 unspecified atom stereocenters. The number of benzene rings is 2.